The Balaban J connectivity index is 1.86. The summed E-state index contributed by atoms with van der Waals surface area (Å²) >= 11 is 0. The average Bonchev–Trinajstić information content (AvgIpc) is 2.86. The topological polar surface area (TPSA) is 84.9 Å². The Labute approximate surface area is 151 Å². The minimum Gasteiger partial charge on any atom is -0.490 e. The Hall–Kier alpha value is -3.02. The number of hydrogen-bond acceptors (Lipinski definition) is 4. The van der Waals surface area contributed by atoms with Gasteiger partial charge in [-0.3, -0.25) is 4.79 Å². The maximum Gasteiger partial charge on any atom is 0.330 e. The molecule has 2 N–H and O–H groups in total. The first-order valence-corrected chi connectivity index (χ1v) is 8.47. The number of carbonyl (C=O) groups is 2. The summed E-state index contributed by atoms with van der Waals surface area (Å²) in [4.78, 5) is 24.4. The molecule has 2 aromatic carbocycles. The molecular weight excluding hydrogens is 334 g/mol. The average molecular weight is 355 g/mol. The molecule has 136 valence electrons. The fourth-order valence-electron chi connectivity index (χ4n) is 2.88. The van der Waals surface area contributed by atoms with E-state index in [1.54, 1.807) is 30.3 Å². The second kappa shape index (κ2) is 7.47. The van der Waals surface area contributed by atoms with E-state index in [0.717, 1.165) is 17.5 Å². The van der Waals surface area contributed by atoms with Crippen molar-refractivity contribution >= 4 is 11.9 Å². The predicted octanol–water partition coefficient (Wildman–Crippen LogP) is 3.02. The lowest BCUT2D eigenvalue weighted by Gasteiger charge is -2.18. The van der Waals surface area contributed by atoms with Crippen molar-refractivity contribution in [1.29, 1.82) is 0 Å². The summed E-state index contributed by atoms with van der Waals surface area (Å²) in [6.07, 6.45) is 0.768. The molecule has 1 atom stereocenters. The van der Waals surface area contributed by atoms with Gasteiger partial charge in [0.25, 0.3) is 5.91 Å². The summed E-state index contributed by atoms with van der Waals surface area (Å²) in [6, 6.07) is 9.14. The van der Waals surface area contributed by atoms with E-state index in [0.29, 0.717) is 35.8 Å². The fourth-order valence-corrected chi connectivity index (χ4v) is 2.88. The number of carbonyl (C=O) groups excluding carboxylic acids is 1. The van der Waals surface area contributed by atoms with Gasteiger partial charge >= 0.3 is 5.97 Å². The Kier molecular flexibility index (Phi) is 5.11. The van der Waals surface area contributed by atoms with Crippen molar-refractivity contribution in [3.63, 3.8) is 0 Å². The molecule has 1 heterocycles. The van der Waals surface area contributed by atoms with Crippen LogP contribution in [-0.4, -0.2) is 30.2 Å². The molecule has 0 saturated heterocycles. The second-order valence-corrected chi connectivity index (χ2v) is 6.25. The standard InChI is InChI=1S/C20H21NO5/c1-12-5-3-6-15(13(12)2)18(20(23)24)21-19(22)14-7-8-16-17(11-14)26-10-4-9-25-16/h3,5-8,11,18H,4,9-10H2,1-2H3,(H,21,22)(H,23,24). The Morgan fingerprint density at radius 2 is 1.81 bits per heavy atom. The summed E-state index contributed by atoms with van der Waals surface area (Å²) in [5.41, 5.74) is 2.71. The number of hydrogen-bond donors (Lipinski definition) is 2. The first-order chi connectivity index (χ1) is 12.5. The van der Waals surface area contributed by atoms with E-state index in [2.05, 4.69) is 5.32 Å². The molecule has 26 heavy (non-hydrogen) atoms. The molecule has 0 aliphatic carbocycles. The van der Waals surface area contributed by atoms with Crippen LogP contribution in [0.15, 0.2) is 36.4 Å². The summed E-state index contributed by atoms with van der Waals surface area (Å²) in [7, 11) is 0. The second-order valence-electron chi connectivity index (χ2n) is 6.25. The third kappa shape index (κ3) is 3.64. The van der Waals surface area contributed by atoms with Crippen LogP contribution in [0.5, 0.6) is 11.5 Å². The molecule has 1 unspecified atom stereocenters. The van der Waals surface area contributed by atoms with Crippen molar-refractivity contribution in [3.8, 4) is 11.5 Å². The highest BCUT2D eigenvalue weighted by Gasteiger charge is 2.25. The van der Waals surface area contributed by atoms with Crippen LogP contribution in [0.4, 0.5) is 0 Å². The van der Waals surface area contributed by atoms with Crippen LogP contribution in [-0.2, 0) is 4.79 Å². The van der Waals surface area contributed by atoms with E-state index in [9.17, 15) is 14.7 Å². The maximum atomic E-state index is 12.6. The van der Waals surface area contributed by atoms with Gasteiger partial charge in [0, 0.05) is 12.0 Å². The minimum absolute atomic E-state index is 0.325. The zero-order valence-electron chi connectivity index (χ0n) is 14.7. The molecule has 1 amide bonds. The first kappa shape index (κ1) is 17.8. The SMILES string of the molecule is Cc1cccc(C(NC(=O)c2ccc3c(c2)OCCCO3)C(=O)O)c1C. The summed E-state index contributed by atoms with van der Waals surface area (Å²) in [5, 5.41) is 12.2. The van der Waals surface area contributed by atoms with Crippen LogP contribution in [0.2, 0.25) is 0 Å². The molecule has 3 rings (SSSR count). The molecule has 0 radical (unpaired) electrons. The highest BCUT2D eigenvalue weighted by Crippen LogP contribution is 2.30. The van der Waals surface area contributed by atoms with E-state index >= 15 is 0 Å². The van der Waals surface area contributed by atoms with Crippen molar-refractivity contribution < 1.29 is 24.2 Å². The third-order valence-electron chi connectivity index (χ3n) is 4.49. The monoisotopic (exact) mass is 355 g/mol. The molecule has 0 saturated carbocycles. The molecule has 6 heteroatoms. The molecule has 0 aromatic heterocycles. The Bertz CT molecular complexity index is 846. The predicted molar refractivity (Wildman–Crippen MR) is 95.8 cm³/mol. The smallest absolute Gasteiger partial charge is 0.330 e. The van der Waals surface area contributed by atoms with Gasteiger partial charge in [-0.25, -0.2) is 4.79 Å². The number of ether oxygens (including phenoxy) is 2. The van der Waals surface area contributed by atoms with Gasteiger partial charge in [-0.05, 0) is 48.7 Å². The van der Waals surface area contributed by atoms with Gasteiger partial charge in [0.1, 0.15) is 0 Å². The number of aliphatic carboxylic acids is 1. The number of nitrogens with one attached hydrogen (secondary N) is 1. The molecule has 1 aliphatic heterocycles. The minimum atomic E-state index is -1.13. The number of carboxylic acids is 1. The normalized spacial score (nSPS) is 14.2. The van der Waals surface area contributed by atoms with Gasteiger partial charge in [0.15, 0.2) is 17.5 Å². The van der Waals surface area contributed by atoms with Crippen LogP contribution in [0.25, 0.3) is 0 Å². The van der Waals surface area contributed by atoms with Crippen molar-refractivity contribution in [1.82, 2.24) is 5.32 Å². The molecule has 0 spiro atoms. The number of rotatable bonds is 4. The van der Waals surface area contributed by atoms with Crippen LogP contribution < -0.4 is 14.8 Å². The van der Waals surface area contributed by atoms with E-state index < -0.39 is 17.9 Å². The van der Waals surface area contributed by atoms with Gasteiger partial charge < -0.3 is 19.9 Å². The van der Waals surface area contributed by atoms with Crippen molar-refractivity contribution in [3.05, 3.63) is 58.7 Å². The van der Waals surface area contributed by atoms with Crippen LogP contribution in [0, 0.1) is 13.8 Å². The zero-order valence-corrected chi connectivity index (χ0v) is 14.7. The van der Waals surface area contributed by atoms with Crippen molar-refractivity contribution in [2.24, 2.45) is 0 Å². The quantitative estimate of drug-likeness (QED) is 0.881. The van der Waals surface area contributed by atoms with Crippen LogP contribution >= 0.6 is 0 Å². The highest BCUT2D eigenvalue weighted by molar-refractivity contribution is 5.97. The number of benzene rings is 2. The lowest BCUT2D eigenvalue weighted by molar-refractivity contribution is -0.139. The largest absolute Gasteiger partial charge is 0.490 e. The van der Waals surface area contributed by atoms with Gasteiger partial charge in [-0.1, -0.05) is 18.2 Å². The van der Waals surface area contributed by atoms with Gasteiger partial charge in [-0.2, -0.15) is 0 Å². The van der Waals surface area contributed by atoms with Crippen molar-refractivity contribution in [2.75, 3.05) is 13.2 Å². The Morgan fingerprint density at radius 1 is 1.08 bits per heavy atom. The molecule has 2 aromatic rings. The molecule has 0 bridgehead atoms. The van der Waals surface area contributed by atoms with Gasteiger partial charge in [0.2, 0.25) is 0 Å². The Morgan fingerprint density at radius 3 is 2.54 bits per heavy atom. The number of fused-ring (bicyclic) bond motifs is 1. The van der Waals surface area contributed by atoms with Crippen LogP contribution in [0.1, 0.15) is 39.5 Å². The lowest BCUT2D eigenvalue weighted by atomic mass is 9.97. The number of amides is 1. The molecule has 1 aliphatic rings. The van der Waals surface area contributed by atoms with E-state index in [1.165, 1.54) is 0 Å². The van der Waals surface area contributed by atoms with Gasteiger partial charge in [-0.15, -0.1) is 0 Å². The zero-order chi connectivity index (χ0) is 18.7. The fraction of sp³-hybridized carbons (Fsp3) is 0.300. The van der Waals surface area contributed by atoms with E-state index in [-0.39, 0.29) is 0 Å². The number of carboxylic acid groups (broad SMARTS) is 1. The van der Waals surface area contributed by atoms with Gasteiger partial charge in [0.05, 0.1) is 13.2 Å². The number of aryl methyl sites for hydroxylation is 1. The van der Waals surface area contributed by atoms with E-state index in [1.807, 2.05) is 19.9 Å². The van der Waals surface area contributed by atoms with Crippen LogP contribution in [0.3, 0.4) is 0 Å². The third-order valence-corrected chi connectivity index (χ3v) is 4.49. The lowest BCUT2D eigenvalue weighted by Crippen LogP contribution is -2.34. The maximum absolute atomic E-state index is 12.6. The summed E-state index contributed by atoms with van der Waals surface area (Å²) in [6.45, 7) is 4.83. The van der Waals surface area contributed by atoms with Crippen molar-refractivity contribution in [2.45, 2.75) is 26.3 Å². The van der Waals surface area contributed by atoms with E-state index in [4.69, 9.17) is 9.47 Å². The summed E-state index contributed by atoms with van der Waals surface area (Å²) in [5.74, 6) is -0.507. The first-order valence-electron chi connectivity index (χ1n) is 8.47. The summed E-state index contributed by atoms with van der Waals surface area (Å²) < 4.78 is 11.1. The highest BCUT2D eigenvalue weighted by atomic mass is 16.5. The molecule has 0 fully saturated rings. The molecule has 6 nitrogen and oxygen atoms in total. The molecular formula is C20H21NO5.